The molecule has 1 fully saturated rings. The first-order valence-electron chi connectivity index (χ1n) is 3.10. The van der Waals surface area contributed by atoms with Crippen molar-refractivity contribution in [3.63, 3.8) is 0 Å². The molecule has 1 N–H and O–H groups in total. The maximum atomic E-state index is 10.3. The summed E-state index contributed by atoms with van der Waals surface area (Å²) in [5, 5.41) is 32.5. The summed E-state index contributed by atoms with van der Waals surface area (Å²) in [6.07, 6.45) is 0. The van der Waals surface area contributed by atoms with Gasteiger partial charge in [0.05, 0.1) is 6.54 Å². The molecule has 1 heterocycles. The van der Waals surface area contributed by atoms with Crippen molar-refractivity contribution in [3.8, 4) is 0 Å². The van der Waals surface area contributed by atoms with Gasteiger partial charge >= 0.3 is 11.8 Å². The molecule has 10 nitrogen and oxygen atoms in total. The number of hydrogen-bond acceptors (Lipinski definition) is 7. The summed E-state index contributed by atoms with van der Waals surface area (Å²) in [4.78, 5) is 27.1. The molecule has 72 valence electrons. The van der Waals surface area contributed by atoms with Crippen LogP contribution in [0.25, 0.3) is 0 Å². The Bertz CT molecular complexity index is 274. The van der Waals surface area contributed by atoms with Crippen LogP contribution in [0.1, 0.15) is 0 Å². The van der Waals surface area contributed by atoms with Gasteiger partial charge in [0.2, 0.25) is 0 Å². The fourth-order valence-corrected chi connectivity index (χ4v) is 1.04. The highest BCUT2D eigenvalue weighted by atomic mass is 16.7. The number of rotatable bonds is 3. The lowest BCUT2D eigenvalue weighted by Crippen LogP contribution is -2.79. The van der Waals surface area contributed by atoms with Crippen LogP contribution in [0.15, 0.2) is 0 Å². The highest BCUT2D eigenvalue weighted by molar-refractivity contribution is 4.88. The minimum Gasteiger partial charge on any atom is -0.263 e. The molecule has 1 atom stereocenters. The van der Waals surface area contributed by atoms with E-state index in [4.69, 9.17) is 0 Å². The van der Waals surface area contributed by atoms with E-state index in [0.29, 0.717) is 0 Å². The van der Waals surface area contributed by atoms with E-state index in [1.807, 2.05) is 5.32 Å². The minimum atomic E-state index is -2.84. The molecular formula is C3H4N4O6. The summed E-state index contributed by atoms with van der Waals surface area (Å²) in [7, 11) is 0. The molecule has 0 bridgehead atoms. The Morgan fingerprint density at radius 3 is 1.69 bits per heavy atom. The Labute approximate surface area is 70.0 Å². The van der Waals surface area contributed by atoms with E-state index in [1.54, 1.807) is 0 Å². The summed E-state index contributed by atoms with van der Waals surface area (Å²) in [6.45, 7) is -0.366. The van der Waals surface area contributed by atoms with Gasteiger partial charge in [0, 0.05) is 4.92 Å². The predicted molar refractivity (Wildman–Crippen MR) is 35.5 cm³/mol. The van der Waals surface area contributed by atoms with Crippen molar-refractivity contribution in [1.82, 2.24) is 5.32 Å². The van der Waals surface area contributed by atoms with Gasteiger partial charge in [-0.15, -0.1) is 0 Å². The molecule has 0 saturated carbocycles. The second-order valence-electron chi connectivity index (χ2n) is 2.42. The fourth-order valence-electron chi connectivity index (χ4n) is 1.04. The molecule has 0 aromatic carbocycles. The standard InChI is InChI=1S/C3H4N4O6/c8-5(9)2-1-4-3(2,6(10)11)7(12)13/h2,4H,1H2. The van der Waals surface area contributed by atoms with Crippen LogP contribution < -0.4 is 5.32 Å². The average Bonchev–Trinajstić information content (AvgIpc) is 1.80. The van der Waals surface area contributed by atoms with E-state index >= 15 is 0 Å². The van der Waals surface area contributed by atoms with Gasteiger partial charge in [-0.25, -0.2) is 0 Å². The third-order valence-corrected chi connectivity index (χ3v) is 1.83. The van der Waals surface area contributed by atoms with Gasteiger partial charge in [-0.2, -0.15) is 5.32 Å². The maximum absolute atomic E-state index is 10.3. The van der Waals surface area contributed by atoms with Crippen molar-refractivity contribution in [2.24, 2.45) is 0 Å². The van der Waals surface area contributed by atoms with Crippen molar-refractivity contribution in [3.05, 3.63) is 30.3 Å². The first-order chi connectivity index (χ1) is 5.93. The molecule has 0 amide bonds. The molecule has 1 rings (SSSR count). The summed E-state index contributed by atoms with van der Waals surface area (Å²) in [5.41, 5.74) is 0. The van der Waals surface area contributed by atoms with Crippen molar-refractivity contribution in [2.45, 2.75) is 11.8 Å². The second kappa shape index (κ2) is 2.58. The van der Waals surface area contributed by atoms with Crippen molar-refractivity contribution in [2.75, 3.05) is 6.54 Å². The zero-order valence-corrected chi connectivity index (χ0v) is 6.08. The predicted octanol–water partition coefficient (Wildman–Crippen LogP) is -1.56. The normalized spacial score (nSPS) is 24.5. The van der Waals surface area contributed by atoms with Crippen LogP contribution in [0.3, 0.4) is 0 Å². The molecule has 1 unspecified atom stereocenters. The van der Waals surface area contributed by atoms with Crippen LogP contribution in [-0.4, -0.2) is 33.1 Å². The van der Waals surface area contributed by atoms with Gasteiger partial charge in [-0.05, 0) is 0 Å². The van der Waals surface area contributed by atoms with Gasteiger partial charge in [0.15, 0.2) is 0 Å². The number of nitrogens with one attached hydrogen (secondary N) is 1. The molecule has 1 saturated heterocycles. The van der Waals surface area contributed by atoms with E-state index in [-0.39, 0.29) is 6.54 Å². The smallest absolute Gasteiger partial charge is 0.263 e. The van der Waals surface area contributed by atoms with Gasteiger partial charge < -0.3 is 0 Å². The third-order valence-electron chi connectivity index (χ3n) is 1.83. The summed E-state index contributed by atoms with van der Waals surface area (Å²) in [6, 6.07) is -1.81. The zero-order valence-electron chi connectivity index (χ0n) is 6.08. The monoisotopic (exact) mass is 192 g/mol. The van der Waals surface area contributed by atoms with E-state index in [1.165, 1.54) is 0 Å². The topological polar surface area (TPSA) is 141 Å². The summed E-state index contributed by atoms with van der Waals surface area (Å²) < 4.78 is 0. The van der Waals surface area contributed by atoms with Crippen LogP contribution in [0.5, 0.6) is 0 Å². The lowest BCUT2D eigenvalue weighted by molar-refractivity contribution is -0.858. The average molecular weight is 192 g/mol. The lowest BCUT2D eigenvalue weighted by atomic mass is 10.0. The first kappa shape index (κ1) is 9.25. The van der Waals surface area contributed by atoms with Gasteiger partial charge in [0.1, 0.15) is 9.85 Å². The van der Waals surface area contributed by atoms with E-state index in [2.05, 4.69) is 0 Å². The Balaban J connectivity index is 3.01. The highest BCUT2D eigenvalue weighted by Gasteiger charge is 2.78. The molecule has 13 heavy (non-hydrogen) atoms. The number of nitro groups is 3. The molecule has 0 spiro atoms. The molecule has 1 aliphatic heterocycles. The van der Waals surface area contributed by atoms with E-state index in [0.717, 1.165) is 0 Å². The van der Waals surface area contributed by atoms with Crippen LogP contribution in [-0.2, 0) is 0 Å². The molecule has 10 heteroatoms. The SMILES string of the molecule is O=[N+]([O-])C1CNC1([N+](=O)[O-])[N+](=O)[O-]. The third kappa shape index (κ3) is 0.989. The van der Waals surface area contributed by atoms with Gasteiger partial charge in [0.25, 0.3) is 0 Å². The number of hydrogen-bond donors (Lipinski definition) is 1. The van der Waals surface area contributed by atoms with Crippen LogP contribution in [0.2, 0.25) is 0 Å². The molecule has 0 aromatic rings. The largest absolute Gasteiger partial charge is 0.588 e. The number of nitrogens with zero attached hydrogens (tertiary/aromatic N) is 3. The Morgan fingerprint density at radius 1 is 1.15 bits per heavy atom. The minimum absolute atomic E-state index is 0.366. The highest BCUT2D eigenvalue weighted by Crippen LogP contribution is 2.23. The quantitative estimate of drug-likeness (QED) is 0.323. The first-order valence-corrected chi connectivity index (χ1v) is 3.10. The van der Waals surface area contributed by atoms with E-state index < -0.39 is 26.6 Å². The van der Waals surface area contributed by atoms with Gasteiger partial charge in [-0.1, -0.05) is 0 Å². The zero-order chi connectivity index (χ0) is 10.2. The Kier molecular flexibility index (Phi) is 1.84. The van der Waals surface area contributed by atoms with Crippen LogP contribution >= 0.6 is 0 Å². The Morgan fingerprint density at radius 2 is 1.62 bits per heavy atom. The fraction of sp³-hybridized carbons (Fsp3) is 1.00. The molecule has 0 radical (unpaired) electrons. The van der Waals surface area contributed by atoms with Crippen LogP contribution in [0.4, 0.5) is 0 Å². The molecule has 0 aliphatic carbocycles. The lowest BCUT2D eigenvalue weighted by Gasteiger charge is -2.27. The summed E-state index contributed by atoms with van der Waals surface area (Å²) in [5.74, 6) is -2.84. The van der Waals surface area contributed by atoms with Crippen LogP contribution in [0, 0.1) is 30.3 Å². The molecule has 1 aliphatic rings. The maximum Gasteiger partial charge on any atom is 0.588 e. The van der Waals surface area contributed by atoms with E-state index in [9.17, 15) is 30.3 Å². The van der Waals surface area contributed by atoms with Crippen molar-refractivity contribution >= 4 is 0 Å². The van der Waals surface area contributed by atoms with Crippen molar-refractivity contribution < 1.29 is 14.8 Å². The summed E-state index contributed by atoms with van der Waals surface area (Å²) >= 11 is 0. The molecular weight excluding hydrogens is 188 g/mol. The second-order valence-corrected chi connectivity index (χ2v) is 2.42. The van der Waals surface area contributed by atoms with Gasteiger partial charge in [-0.3, -0.25) is 30.3 Å². The van der Waals surface area contributed by atoms with Crippen molar-refractivity contribution in [1.29, 1.82) is 0 Å². The Hall–Kier alpha value is -1.84. The molecule has 0 aromatic heterocycles.